The number of rotatable bonds is 7. The highest BCUT2D eigenvalue weighted by molar-refractivity contribution is 5.67. The molecule has 0 spiro atoms. The van der Waals surface area contributed by atoms with Crippen LogP contribution in [0.4, 0.5) is 5.69 Å². The minimum absolute atomic E-state index is 0.611. The summed E-state index contributed by atoms with van der Waals surface area (Å²) in [7, 11) is 0. The van der Waals surface area contributed by atoms with Crippen molar-refractivity contribution in [2.24, 2.45) is 5.92 Å². The van der Waals surface area contributed by atoms with E-state index in [1.165, 1.54) is 35.2 Å². The van der Waals surface area contributed by atoms with Crippen molar-refractivity contribution in [3.63, 3.8) is 0 Å². The number of benzene rings is 1. The molecule has 0 aromatic heterocycles. The standard InChI is InChI=1S/C23H31N/c1-6-7-11-22-18(3)13-14-23(20(22)5)24-16-15-19(4)21-12-9-8-10-17(21)2/h6-7,9,11-14,19,24H,1,8,10,15-16H2,2-5H3/b11-7-. The van der Waals surface area contributed by atoms with E-state index in [0.29, 0.717) is 5.92 Å². The zero-order chi connectivity index (χ0) is 17.5. The maximum absolute atomic E-state index is 3.76. The van der Waals surface area contributed by atoms with Crippen molar-refractivity contribution in [3.8, 4) is 0 Å². The molecule has 0 saturated heterocycles. The molecule has 0 heterocycles. The van der Waals surface area contributed by atoms with Crippen LogP contribution in [0.25, 0.3) is 6.08 Å². The van der Waals surface area contributed by atoms with Crippen LogP contribution in [0.2, 0.25) is 0 Å². The van der Waals surface area contributed by atoms with E-state index < -0.39 is 0 Å². The number of aryl methyl sites for hydroxylation is 1. The summed E-state index contributed by atoms with van der Waals surface area (Å²) in [4.78, 5) is 0. The van der Waals surface area contributed by atoms with Crippen LogP contribution >= 0.6 is 0 Å². The van der Waals surface area contributed by atoms with Gasteiger partial charge in [-0.05, 0) is 74.3 Å². The van der Waals surface area contributed by atoms with E-state index in [0.717, 1.165) is 13.0 Å². The number of hydrogen-bond donors (Lipinski definition) is 1. The SMILES string of the molecule is C=C/C=C\c1c(C)ccc(NCCC(C)C2=C(C)CCC=C2)c1C. The van der Waals surface area contributed by atoms with Gasteiger partial charge in [0.05, 0.1) is 0 Å². The monoisotopic (exact) mass is 321 g/mol. The van der Waals surface area contributed by atoms with Gasteiger partial charge in [-0.3, -0.25) is 0 Å². The lowest BCUT2D eigenvalue weighted by Crippen LogP contribution is -2.11. The lowest BCUT2D eigenvalue weighted by molar-refractivity contribution is 0.633. The lowest BCUT2D eigenvalue weighted by atomic mass is 9.88. The summed E-state index contributed by atoms with van der Waals surface area (Å²) in [5.41, 5.74) is 8.25. The van der Waals surface area contributed by atoms with E-state index in [9.17, 15) is 0 Å². The number of allylic oxidation sites excluding steroid dienone is 6. The average Bonchev–Trinajstić information content (AvgIpc) is 2.57. The van der Waals surface area contributed by atoms with Crippen LogP contribution in [0.1, 0.15) is 49.8 Å². The second-order valence-electron chi connectivity index (χ2n) is 6.86. The van der Waals surface area contributed by atoms with Crippen LogP contribution in [0, 0.1) is 19.8 Å². The Morgan fingerprint density at radius 3 is 2.75 bits per heavy atom. The first-order valence-corrected chi connectivity index (χ1v) is 9.04. The molecule has 1 heteroatoms. The second-order valence-corrected chi connectivity index (χ2v) is 6.86. The minimum atomic E-state index is 0.611. The van der Waals surface area contributed by atoms with E-state index in [1.54, 1.807) is 11.1 Å². The molecule has 0 saturated carbocycles. The van der Waals surface area contributed by atoms with Gasteiger partial charge in [0.15, 0.2) is 0 Å². The summed E-state index contributed by atoms with van der Waals surface area (Å²) in [5, 5.41) is 3.64. The zero-order valence-corrected chi connectivity index (χ0v) is 15.7. The van der Waals surface area contributed by atoms with Gasteiger partial charge in [-0.1, -0.05) is 55.5 Å². The van der Waals surface area contributed by atoms with Gasteiger partial charge < -0.3 is 5.32 Å². The summed E-state index contributed by atoms with van der Waals surface area (Å²) < 4.78 is 0. The quantitative estimate of drug-likeness (QED) is 0.557. The van der Waals surface area contributed by atoms with Crippen LogP contribution in [0.15, 0.2) is 54.2 Å². The number of anilines is 1. The van der Waals surface area contributed by atoms with Gasteiger partial charge in [-0.2, -0.15) is 0 Å². The molecule has 0 amide bonds. The smallest absolute Gasteiger partial charge is 0.0376 e. The summed E-state index contributed by atoms with van der Waals surface area (Å²) in [5.74, 6) is 0.611. The largest absolute Gasteiger partial charge is 0.385 e. The average molecular weight is 322 g/mol. The Morgan fingerprint density at radius 1 is 1.25 bits per heavy atom. The van der Waals surface area contributed by atoms with Crippen LogP contribution < -0.4 is 5.32 Å². The first-order valence-electron chi connectivity index (χ1n) is 9.04. The topological polar surface area (TPSA) is 12.0 Å². The molecule has 0 radical (unpaired) electrons. The molecule has 1 aromatic carbocycles. The molecule has 2 rings (SSSR count). The van der Waals surface area contributed by atoms with Crippen molar-refractivity contribution < 1.29 is 0 Å². The van der Waals surface area contributed by atoms with E-state index >= 15 is 0 Å². The predicted molar refractivity (Wildman–Crippen MR) is 108 cm³/mol. The van der Waals surface area contributed by atoms with Crippen LogP contribution in [0.3, 0.4) is 0 Å². The molecule has 1 atom stereocenters. The van der Waals surface area contributed by atoms with Crippen molar-refractivity contribution >= 4 is 11.8 Å². The minimum Gasteiger partial charge on any atom is -0.385 e. The van der Waals surface area contributed by atoms with E-state index in [1.807, 2.05) is 12.2 Å². The van der Waals surface area contributed by atoms with Crippen molar-refractivity contribution in [3.05, 3.63) is 70.9 Å². The molecule has 1 N–H and O–H groups in total. The van der Waals surface area contributed by atoms with Crippen molar-refractivity contribution in [1.82, 2.24) is 0 Å². The van der Waals surface area contributed by atoms with Crippen LogP contribution in [-0.4, -0.2) is 6.54 Å². The molecule has 0 aliphatic heterocycles. The summed E-state index contributed by atoms with van der Waals surface area (Å²) in [6, 6.07) is 4.39. The van der Waals surface area contributed by atoms with E-state index in [-0.39, 0.29) is 0 Å². The molecule has 1 unspecified atom stereocenters. The third-order valence-electron chi connectivity index (χ3n) is 5.03. The van der Waals surface area contributed by atoms with Gasteiger partial charge in [0.1, 0.15) is 0 Å². The summed E-state index contributed by atoms with van der Waals surface area (Å²) in [6.07, 6.45) is 14.2. The van der Waals surface area contributed by atoms with Gasteiger partial charge in [0.25, 0.3) is 0 Å². The molecule has 1 aromatic rings. The molecule has 1 aliphatic rings. The Hall–Kier alpha value is -2.02. The number of nitrogens with one attached hydrogen (secondary N) is 1. The zero-order valence-electron chi connectivity index (χ0n) is 15.7. The van der Waals surface area contributed by atoms with Gasteiger partial charge in [0, 0.05) is 12.2 Å². The molecule has 0 fully saturated rings. The fourth-order valence-electron chi connectivity index (χ4n) is 3.44. The first-order chi connectivity index (χ1) is 11.5. The summed E-state index contributed by atoms with van der Waals surface area (Å²) >= 11 is 0. The van der Waals surface area contributed by atoms with Crippen molar-refractivity contribution in [2.45, 2.75) is 47.0 Å². The second kappa shape index (κ2) is 8.73. The Bertz CT molecular complexity index is 674. The summed E-state index contributed by atoms with van der Waals surface area (Å²) in [6.45, 7) is 13.7. The van der Waals surface area contributed by atoms with E-state index in [2.05, 4.69) is 70.0 Å². The molecular formula is C23H31N. The predicted octanol–water partition coefficient (Wildman–Crippen LogP) is 6.61. The van der Waals surface area contributed by atoms with Gasteiger partial charge in [-0.25, -0.2) is 0 Å². The van der Waals surface area contributed by atoms with E-state index in [4.69, 9.17) is 0 Å². The molecular weight excluding hydrogens is 290 g/mol. The van der Waals surface area contributed by atoms with Gasteiger partial charge in [0.2, 0.25) is 0 Å². The molecule has 24 heavy (non-hydrogen) atoms. The Balaban J connectivity index is 2.01. The molecule has 128 valence electrons. The maximum atomic E-state index is 3.76. The highest BCUT2D eigenvalue weighted by atomic mass is 14.9. The molecule has 0 bridgehead atoms. The van der Waals surface area contributed by atoms with Crippen LogP contribution in [0.5, 0.6) is 0 Å². The van der Waals surface area contributed by atoms with Gasteiger partial charge >= 0.3 is 0 Å². The lowest BCUT2D eigenvalue weighted by Gasteiger charge is -2.20. The fraction of sp³-hybridized carbons (Fsp3) is 0.391. The van der Waals surface area contributed by atoms with Gasteiger partial charge in [-0.15, -0.1) is 0 Å². The molecule has 1 nitrogen and oxygen atoms in total. The maximum Gasteiger partial charge on any atom is 0.0376 e. The normalized spacial score (nSPS) is 15.8. The molecule has 1 aliphatic carbocycles. The Labute approximate surface area is 147 Å². The van der Waals surface area contributed by atoms with Crippen molar-refractivity contribution in [1.29, 1.82) is 0 Å². The Kier molecular flexibility index (Phi) is 6.66. The third-order valence-corrected chi connectivity index (χ3v) is 5.03. The Morgan fingerprint density at radius 2 is 2.04 bits per heavy atom. The highest BCUT2D eigenvalue weighted by Gasteiger charge is 2.12. The first kappa shape index (κ1) is 18.3. The number of hydrogen-bond acceptors (Lipinski definition) is 1. The van der Waals surface area contributed by atoms with Crippen LogP contribution in [-0.2, 0) is 0 Å². The third kappa shape index (κ3) is 4.50. The highest BCUT2D eigenvalue weighted by Crippen LogP contribution is 2.28. The van der Waals surface area contributed by atoms with Crippen molar-refractivity contribution in [2.75, 3.05) is 11.9 Å². The fourth-order valence-corrected chi connectivity index (χ4v) is 3.44.